The van der Waals surface area contributed by atoms with Gasteiger partial charge >= 0.3 is 6.18 Å². The molecule has 0 atom stereocenters. The van der Waals surface area contributed by atoms with Crippen molar-refractivity contribution in [1.29, 1.82) is 0 Å². The number of methoxy groups -OCH3 is 1. The van der Waals surface area contributed by atoms with E-state index >= 15 is 0 Å². The van der Waals surface area contributed by atoms with Crippen LogP contribution in [-0.2, 0) is 29.4 Å². The largest absolute Gasteiger partial charge is 0.449 e. The molecule has 1 aromatic heterocycles. The van der Waals surface area contributed by atoms with E-state index in [9.17, 15) is 13.2 Å². The Kier molecular flexibility index (Phi) is 3.61. The van der Waals surface area contributed by atoms with E-state index in [4.69, 9.17) is 4.74 Å². The molecule has 2 heterocycles. The number of imidazole rings is 1. The first-order valence-corrected chi connectivity index (χ1v) is 6.15. The quantitative estimate of drug-likeness (QED) is 0.917. The Labute approximate surface area is 110 Å². The van der Waals surface area contributed by atoms with Crippen LogP contribution in [0.25, 0.3) is 0 Å². The normalized spacial score (nSPS) is 16.5. The Balaban J connectivity index is 2.58. The molecule has 0 unspecified atom stereocenters. The van der Waals surface area contributed by atoms with Crippen LogP contribution in [0.5, 0.6) is 0 Å². The first kappa shape index (κ1) is 14.3. The third-order valence-electron chi connectivity index (χ3n) is 3.24. The zero-order valence-corrected chi connectivity index (χ0v) is 11.3. The fourth-order valence-corrected chi connectivity index (χ4v) is 2.57. The molecule has 108 valence electrons. The van der Waals surface area contributed by atoms with Crippen molar-refractivity contribution in [2.24, 2.45) is 0 Å². The maximum atomic E-state index is 13.2. The number of nitrogens with one attached hydrogen (secondary N) is 1. The Morgan fingerprint density at radius 3 is 2.63 bits per heavy atom. The van der Waals surface area contributed by atoms with Gasteiger partial charge < -0.3 is 14.6 Å². The minimum atomic E-state index is -4.46. The molecule has 0 saturated heterocycles. The second-order valence-electron chi connectivity index (χ2n) is 5.33. The van der Waals surface area contributed by atoms with Crippen molar-refractivity contribution >= 4 is 0 Å². The molecule has 1 N–H and O–H groups in total. The van der Waals surface area contributed by atoms with E-state index in [1.165, 1.54) is 11.7 Å². The molecule has 0 amide bonds. The van der Waals surface area contributed by atoms with Crippen LogP contribution in [0.4, 0.5) is 13.2 Å². The predicted molar refractivity (Wildman–Crippen MR) is 63.8 cm³/mol. The smallest absolute Gasteiger partial charge is 0.382 e. The van der Waals surface area contributed by atoms with Gasteiger partial charge in [-0.05, 0) is 13.8 Å². The van der Waals surface area contributed by atoms with Crippen LogP contribution in [0.1, 0.15) is 31.1 Å². The molecule has 0 aromatic carbocycles. The van der Waals surface area contributed by atoms with Crippen LogP contribution >= 0.6 is 0 Å². The molecule has 7 heteroatoms. The summed E-state index contributed by atoms with van der Waals surface area (Å²) in [7, 11) is 1.49. The number of alkyl halides is 3. The van der Waals surface area contributed by atoms with E-state index < -0.39 is 17.5 Å². The average Bonchev–Trinajstić information content (AvgIpc) is 2.68. The van der Waals surface area contributed by atoms with E-state index in [2.05, 4.69) is 10.3 Å². The molecule has 1 aromatic rings. The van der Waals surface area contributed by atoms with Crippen LogP contribution in [-0.4, -0.2) is 29.8 Å². The second kappa shape index (κ2) is 4.79. The third kappa shape index (κ3) is 2.62. The molecule has 0 saturated carbocycles. The third-order valence-corrected chi connectivity index (χ3v) is 3.24. The molecule has 0 radical (unpaired) electrons. The fraction of sp³-hybridized carbons (Fsp3) is 0.750. The highest BCUT2D eigenvalue weighted by Crippen LogP contribution is 2.35. The summed E-state index contributed by atoms with van der Waals surface area (Å²) >= 11 is 0. The van der Waals surface area contributed by atoms with Crippen LogP contribution in [0.15, 0.2) is 0 Å². The van der Waals surface area contributed by atoms with Gasteiger partial charge in [0.2, 0.25) is 5.82 Å². The molecule has 2 rings (SSSR count). The number of halogens is 3. The summed E-state index contributed by atoms with van der Waals surface area (Å²) in [6, 6.07) is 0. The van der Waals surface area contributed by atoms with Gasteiger partial charge in [-0.2, -0.15) is 13.2 Å². The highest BCUT2D eigenvalue weighted by atomic mass is 19.4. The van der Waals surface area contributed by atoms with Gasteiger partial charge in [-0.1, -0.05) is 0 Å². The van der Waals surface area contributed by atoms with Crippen molar-refractivity contribution < 1.29 is 17.9 Å². The van der Waals surface area contributed by atoms with E-state index in [1.54, 1.807) is 13.8 Å². The van der Waals surface area contributed by atoms with Crippen molar-refractivity contribution in [2.75, 3.05) is 20.3 Å². The molecular weight excluding hydrogens is 259 g/mol. The van der Waals surface area contributed by atoms with Crippen molar-refractivity contribution in [3.8, 4) is 0 Å². The maximum Gasteiger partial charge on any atom is 0.449 e. The van der Waals surface area contributed by atoms with Crippen LogP contribution in [0, 0.1) is 0 Å². The highest BCUT2D eigenvalue weighted by Gasteiger charge is 2.42. The first-order valence-electron chi connectivity index (χ1n) is 6.15. The Morgan fingerprint density at radius 1 is 1.37 bits per heavy atom. The SMILES string of the molecule is COCC(C)(C)n1c(C(F)(F)F)nc2c1CCNC2. The van der Waals surface area contributed by atoms with Crippen LogP contribution < -0.4 is 5.32 Å². The van der Waals surface area contributed by atoms with Crippen molar-refractivity contribution in [2.45, 2.75) is 38.5 Å². The molecule has 0 bridgehead atoms. The summed E-state index contributed by atoms with van der Waals surface area (Å²) < 4.78 is 45.8. The molecule has 0 aliphatic carbocycles. The zero-order chi connectivity index (χ0) is 14.3. The lowest BCUT2D eigenvalue weighted by Crippen LogP contribution is -2.37. The zero-order valence-electron chi connectivity index (χ0n) is 11.3. The molecule has 4 nitrogen and oxygen atoms in total. The molecular formula is C12H18F3N3O. The monoisotopic (exact) mass is 277 g/mol. The first-order chi connectivity index (χ1) is 8.77. The van der Waals surface area contributed by atoms with Gasteiger partial charge in [-0.25, -0.2) is 4.98 Å². The van der Waals surface area contributed by atoms with Crippen LogP contribution in [0.2, 0.25) is 0 Å². The Morgan fingerprint density at radius 2 is 2.05 bits per heavy atom. The number of nitrogens with zero attached hydrogens (tertiary/aromatic N) is 2. The van der Waals surface area contributed by atoms with Gasteiger partial charge in [0.05, 0.1) is 17.8 Å². The number of hydrogen-bond donors (Lipinski definition) is 1. The van der Waals surface area contributed by atoms with Gasteiger partial charge in [0.25, 0.3) is 0 Å². The number of fused-ring (bicyclic) bond motifs is 1. The lowest BCUT2D eigenvalue weighted by molar-refractivity contribution is -0.150. The van der Waals surface area contributed by atoms with Crippen LogP contribution in [0.3, 0.4) is 0 Å². The van der Waals surface area contributed by atoms with E-state index in [1.807, 2.05) is 0 Å². The van der Waals surface area contributed by atoms with E-state index in [0.717, 1.165) is 0 Å². The topological polar surface area (TPSA) is 39.1 Å². The minimum Gasteiger partial charge on any atom is -0.382 e. The Hall–Kier alpha value is -1.08. The van der Waals surface area contributed by atoms with E-state index in [-0.39, 0.29) is 6.61 Å². The number of ether oxygens (including phenoxy) is 1. The lowest BCUT2D eigenvalue weighted by Gasteiger charge is -2.31. The van der Waals surface area contributed by atoms with Gasteiger partial charge in [-0.3, -0.25) is 0 Å². The standard InChI is InChI=1S/C12H18F3N3O/c1-11(2,7-19-3)18-9-4-5-16-6-8(9)17-10(18)12(13,14)15/h16H,4-7H2,1-3H3. The van der Waals surface area contributed by atoms with Crippen molar-refractivity contribution in [1.82, 2.24) is 14.9 Å². The molecule has 0 spiro atoms. The molecule has 0 fully saturated rings. The highest BCUT2D eigenvalue weighted by molar-refractivity contribution is 5.23. The molecule has 1 aliphatic heterocycles. The summed E-state index contributed by atoms with van der Waals surface area (Å²) in [6.45, 7) is 4.71. The van der Waals surface area contributed by atoms with Gasteiger partial charge in [0.15, 0.2) is 0 Å². The minimum absolute atomic E-state index is 0.201. The average molecular weight is 277 g/mol. The lowest BCUT2D eigenvalue weighted by atomic mass is 10.0. The van der Waals surface area contributed by atoms with Gasteiger partial charge in [0, 0.05) is 32.3 Å². The van der Waals surface area contributed by atoms with E-state index in [0.29, 0.717) is 30.9 Å². The summed E-state index contributed by atoms with van der Waals surface area (Å²) in [5.41, 5.74) is 0.369. The van der Waals surface area contributed by atoms with Crippen molar-refractivity contribution in [3.05, 3.63) is 17.2 Å². The number of rotatable bonds is 3. The maximum absolute atomic E-state index is 13.2. The summed E-state index contributed by atoms with van der Waals surface area (Å²) in [6.07, 6.45) is -3.91. The number of hydrogen-bond acceptors (Lipinski definition) is 3. The fourth-order valence-electron chi connectivity index (χ4n) is 2.57. The summed E-state index contributed by atoms with van der Waals surface area (Å²) in [5.74, 6) is -0.830. The molecule has 1 aliphatic rings. The van der Waals surface area contributed by atoms with Crippen molar-refractivity contribution in [3.63, 3.8) is 0 Å². The summed E-state index contributed by atoms with van der Waals surface area (Å²) in [4.78, 5) is 3.79. The van der Waals surface area contributed by atoms with Gasteiger partial charge in [0.1, 0.15) is 0 Å². The van der Waals surface area contributed by atoms with Gasteiger partial charge in [-0.15, -0.1) is 0 Å². The number of aromatic nitrogens is 2. The Bertz CT molecular complexity index is 466. The molecule has 19 heavy (non-hydrogen) atoms. The second-order valence-corrected chi connectivity index (χ2v) is 5.33. The predicted octanol–water partition coefficient (Wildman–Crippen LogP) is 1.93. The summed E-state index contributed by atoms with van der Waals surface area (Å²) in [5, 5.41) is 3.04.